The Morgan fingerprint density at radius 3 is 2.19 bits per heavy atom. The molecule has 2 rings (SSSR count). The summed E-state index contributed by atoms with van der Waals surface area (Å²) in [5.74, 6) is 0.394. The Kier molecular flexibility index (Phi) is 4.80. The van der Waals surface area contributed by atoms with E-state index in [0.29, 0.717) is 17.4 Å². The Labute approximate surface area is 126 Å². The molecule has 0 heterocycles. The predicted molar refractivity (Wildman–Crippen MR) is 85.8 cm³/mol. The first-order valence-corrected chi connectivity index (χ1v) is 8.68. The minimum absolute atomic E-state index is 0.00185. The van der Waals surface area contributed by atoms with Gasteiger partial charge in [-0.25, -0.2) is 8.42 Å². The van der Waals surface area contributed by atoms with Crippen LogP contribution in [0.15, 0.2) is 53.4 Å². The van der Waals surface area contributed by atoms with Crippen LogP contribution in [0.5, 0.6) is 0 Å². The van der Waals surface area contributed by atoms with Crippen molar-refractivity contribution in [2.75, 3.05) is 0 Å². The minimum Gasteiger partial charge on any atom is -0.326 e. The molecule has 0 unspecified atom stereocenters. The third kappa shape index (κ3) is 3.93. The SMILES string of the molecule is CC(C)c1ccc(S(=O)(=O)Cc2cccc(CN)c2)cc1. The number of hydrogen-bond donors (Lipinski definition) is 1. The van der Waals surface area contributed by atoms with Gasteiger partial charge in [0.1, 0.15) is 0 Å². The largest absolute Gasteiger partial charge is 0.326 e. The standard InChI is InChI=1S/C17H21NO2S/c1-13(2)16-6-8-17(9-7-16)21(19,20)12-15-5-3-4-14(10-15)11-18/h3-10,13H,11-12,18H2,1-2H3. The van der Waals surface area contributed by atoms with Gasteiger partial charge in [0.2, 0.25) is 0 Å². The molecule has 0 bridgehead atoms. The highest BCUT2D eigenvalue weighted by molar-refractivity contribution is 7.90. The van der Waals surface area contributed by atoms with E-state index in [-0.39, 0.29) is 5.75 Å². The molecular weight excluding hydrogens is 282 g/mol. The molecule has 0 aliphatic carbocycles. The summed E-state index contributed by atoms with van der Waals surface area (Å²) in [7, 11) is -3.32. The molecule has 3 nitrogen and oxygen atoms in total. The summed E-state index contributed by atoms with van der Waals surface area (Å²) in [4.78, 5) is 0.366. The maximum Gasteiger partial charge on any atom is 0.182 e. The van der Waals surface area contributed by atoms with Crippen molar-refractivity contribution in [2.45, 2.75) is 37.0 Å². The Morgan fingerprint density at radius 1 is 1.00 bits per heavy atom. The molecular formula is C17H21NO2S. The fraction of sp³-hybridized carbons (Fsp3) is 0.294. The molecule has 2 aromatic rings. The maximum atomic E-state index is 12.5. The minimum atomic E-state index is -3.32. The van der Waals surface area contributed by atoms with Crippen LogP contribution < -0.4 is 5.73 Å². The summed E-state index contributed by atoms with van der Waals surface area (Å²) < 4.78 is 24.9. The fourth-order valence-corrected chi connectivity index (χ4v) is 3.55. The lowest BCUT2D eigenvalue weighted by Crippen LogP contribution is -2.06. The van der Waals surface area contributed by atoms with Crippen LogP contribution in [0.4, 0.5) is 0 Å². The van der Waals surface area contributed by atoms with Crippen molar-refractivity contribution < 1.29 is 8.42 Å². The highest BCUT2D eigenvalue weighted by Gasteiger charge is 2.15. The number of benzene rings is 2. The molecule has 0 aliphatic heterocycles. The number of rotatable bonds is 5. The molecule has 0 atom stereocenters. The second-order valence-corrected chi connectivity index (χ2v) is 7.50. The van der Waals surface area contributed by atoms with Crippen molar-refractivity contribution in [1.29, 1.82) is 0 Å². The van der Waals surface area contributed by atoms with E-state index in [9.17, 15) is 8.42 Å². The molecule has 2 aromatic carbocycles. The van der Waals surface area contributed by atoms with Crippen LogP contribution in [0.3, 0.4) is 0 Å². The fourth-order valence-electron chi connectivity index (χ4n) is 2.21. The lowest BCUT2D eigenvalue weighted by atomic mass is 10.0. The third-order valence-electron chi connectivity index (χ3n) is 3.49. The van der Waals surface area contributed by atoms with Gasteiger partial charge in [0.05, 0.1) is 10.6 Å². The van der Waals surface area contributed by atoms with Crippen LogP contribution >= 0.6 is 0 Å². The summed E-state index contributed by atoms with van der Waals surface area (Å²) in [6, 6.07) is 14.6. The van der Waals surface area contributed by atoms with Gasteiger partial charge in [-0.15, -0.1) is 0 Å². The van der Waals surface area contributed by atoms with Gasteiger partial charge in [0.15, 0.2) is 9.84 Å². The second-order valence-electron chi connectivity index (χ2n) is 5.51. The summed E-state index contributed by atoms with van der Waals surface area (Å²) in [6.45, 7) is 4.58. The summed E-state index contributed by atoms with van der Waals surface area (Å²) in [5.41, 5.74) is 8.44. The average Bonchev–Trinajstić information content (AvgIpc) is 2.47. The van der Waals surface area contributed by atoms with Crippen molar-refractivity contribution in [3.05, 3.63) is 65.2 Å². The summed E-state index contributed by atoms with van der Waals surface area (Å²) >= 11 is 0. The zero-order valence-electron chi connectivity index (χ0n) is 12.4. The Hall–Kier alpha value is -1.65. The third-order valence-corrected chi connectivity index (χ3v) is 5.19. The van der Waals surface area contributed by atoms with Gasteiger partial charge in [0, 0.05) is 6.54 Å². The Bertz CT molecular complexity index is 704. The van der Waals surface area contributed by atoms with Gasteiger partial charge in [0.25, 0.3) is 0 Å². The van der Waals surface area contributed by atoms with Crippen molar-refractivity contribution in [3.63, 3.8) is 0 Å². The Balaban J connectivity index is 2.25. The maximum absolute atomic E-state index is 12.5. The molecule has 0 amide bonds. The molecule has 0 fully saturated rings. The van der Waals surface area contributed by atoms with E-state index in [1.807, 2.05) is 36.4 Å². The molecule has 112 valence electrons. The van der Waals surface area contributed by atoms with Gasteiger partial charge in [-0.1, -0.05) is 50.2 Å². The molecule has 21 heavy (non-hydrogen) atoms. The van der Waals surface area contributed by atoms with E-state index in [0.717, 1.165) is 16.7 Å². The van der Waals surface area contributed by atoms with Gasteiger partial charge in [-0.2, -0.15) is 0 Å². The van der Waals surface area contributed by atoms with Crippen molar-refractivity contribution in [3.8, 4) is 0 Å². The topological polar surface area (TPSA) is 60.2 Å². The molecule has 0 saturated heterocycles. The quantitative estimate of drug-likeness (QED) is 0.922. The lowest BCUT2D eigenvalue weighted by molar-refractivity contribution is 0.595. The molecule has 0 saturated carbocycles. The lowest BCUT2D eigenvalue weighted by Gasteiger charge is -2.09. The molecule has 0 spiro atoms. The van der Waals surface area contributed by atoms with Crippen LogP contribution in [0.25, 0.3) is 0 Å². The van der Waals surface area contributed by atoms with E-state index >= 15 is 0 Å². The summed E-state index contributed by atoms with van der Waals surface area (Å²) in [6.07, 6.45) is 0. The van der Waals surface area contributed by atoms with Gasteiger partial charge < -0.3 is 5.73 Å². The molecule has 2 N–H and O–H groups in total. The zero-order chi connectivity index (χ0) is 15.5. The van der Waals surface area contributed by atoms with Crippen LogP contribution in [0.2, 0.25) is 0 Å². The van der Waals surface area contributed by atoms with E-state index in [1.54, 1.807) is 12.1 Å². The van der Waals surface area contributed by atoms with E-state index in [1.165, 1.54) is 0 Å². The average molecular weight is 303 g/mol. The number of hydrogen-bond acceptors (Lipinski definition) is 3. The van der Waals surface area contributed by atoms with Crippen molar-refractivity contribution in [1.82, 2.24) is 0 Å². The molecule has 4 heteroatoms. The smallest absolute Gasteiger partial charge is 0.182 e. The second kappa shape index (κ2) is 6.41. The number of sulfone groups is 1. The van der Waals surface area contributed by atoms with Gasteiger partial charge in [-0.3, -0.25) is 0 Å². The van der Waals surface area contributed by atoms with Crippen molar-refractivity contribution >= 4 is 9.84 Å². The van der Waals surface area contributed by atoms with Crippen LogP contribution in [0, 0.1) is 0 Å². The Morgan fingerprint density at radius 2 is 1.62 bits per heavy atom. The monoisotopic (exact) mass is 303 g/mol. The normalized spacial score (nSPS) is 11.8. The molecule has 0 radical (unpaired) electrons. The predicted octanol–water partition coefficient (Wildman–Crippen LogP) is 3.24. The first kappa shape index (κ1) is 15.7. The highest BCUT2D eigenvalue weighted by Crippen LogP contribution is 2.20. The zero-order valence-corrected chi connectivity index (χ0v) is 13.2. The molecule has 0 aliphatic rings. The molecule has 0 aromatic heterocycles. The summed E-state index contributed by atoms with van der Waals surface area (Å²) in [5, 5.41) is 0. The van der Waals surface area contributed by atoms with Crippen LogP contribution in [-0.4, -0.2) is 8.42 Å². The van der Waals surface area contributed by atoms with E-state index < -0.39 is 9.84 Å². The number of nitrogens with two attached hydrogens (primary N) is 1. The van der Waals surface area contributed by atoms with E-state index in [4.69, 9.17) is 5.73 Å². The van der Waals surface area contributed by atoms with Crippen LogP contribution in [0.1, 0.15) is 36.5 Å². The first-order chi connectivity index (χ1) is 9.92. The van der Waals surface area contributed by atoms with Crippen molar-refractivity contribution in [2.24, 2.45) is 5.73 Å². The highest BCUT2D eigenvalue weighted by atomic mass is 32.2. The van der Waals surface area contributed by atoms with Gasteiger partial charge in [-0.05, 0) is 34.7 Å². The van der Waals surface area contributed by atoms with Crippen LogP contribution in [-0.2, 0) is 22.1 Å². The van der Waals surface area contributed by atoms with Gasteiger partial charge >= 0.3 is 0 Å². The first-order valence-electron chi connectivity index (χ1n) is 7.03. The van der Waals surface area contributed by atoms with E-state index in [2.05, 4.69) is 13.8 Å².